The predicted molar refractivity (Wildman–Crippen MR) is 68.2 cm³/mol. The summed E-state index contributed by atoms with van der Waals surface area (Å²) in [5.74, 6) is 0.235. The van der Waals surface area contributed by atoms with E-state index in [1.165, 1.54) is 19.3 Å². The predicted octanol–water partition coefficient (Wildman–Crippen LogP) is 3.01. The van der Waals surface area contributed by atoms with Crippen LogP contribution in [-0.2, 0) is 4.79 Å². The molecule has 0 aromatic rings. The van der Waals surface area contributed by atoms with Gasteiger partial charge in [0, 0.05) is 6.04 Å². The largest absolute Gasteiger partial charge is 0.352 e. The third-order valence-corrected chi connectivity index (χ3v) is 3.76. The van der Waals surface area contributed by atoms with E-state index < -0.39 is 5.92 Å². The Morgan fingerprint density at radius 3 is 2.82 bits per heavy atom. The molecule has 96 valence electrons. The Morgan fingerprint density at radius 1 is 1.47 bits per heavy atom. The van der Waals surface area contributed by atoms with E-state index in [0.29, 0.717) is 12.5 Å². The van der Waals surface area contributed by atoms with Crippen molar-refractivity contribution in [1.82, 2.24) is 5.32 Å². The molecule has 3 nitrogen and oxygen atoms in total. The molecule has 1 aliphatic rings. The minimum atomic E-state index is -0.456. The van der Waals surface area contributed by atoms with Crippen LogP contribution in [0.15, 0.2) is 0 Å². The summed E-state index contributed by atoms with van der Waals surface area (Å²) in [6.07, 6.45) is 7.41. The van der Waals surface area contributed by atoms with Crippen LogP contribution in [0.2, 0.25) is 0 Å². The van der Waals surface area contributed by atoms with Gasteiger partial charge in [0.25, 0.3) is 0 Å². The molecule has 1 fully saturated rings. The van der Waals surface area contributed by atoms with Crippen LogP contribution in [0.4, 0.5) is 0 Å². The van der Waals surface area contributed by atoms with Crippen LogP contribution >= 0.6 is 0 Å². The van der Waals surface area contributed by atoms with Crippen molar-refractivity contribution in [1.29, 1.82) is 5.26 Å². The summed E-state index contributed by atoms with van der Waals surface area (Å²) >= 11 is 0. The van der Waals surface area contributed by atoms with Crippen molar-refractivity contribution >= 4 is 5.91 Å². The summed E-state index contributed by atoms with van der Waals surface area (Å²) in [4.78, 5) is 11.9. The fourth-order valence-corrected chi connectivity index (χ4v) is 2.64. The van der Waals surface area contributed by atoms with E-state index in [1.54, 1.807) is 0 Å². The van der Waals surface area contributed by atoms with Gasteiger partial charge in [-0.05, 0) is 25.2 Å². The first-order chi connectivity index (χ1) is 8.21. The molecule has 3 heteroatoms. The lowest BCUT2D eigenvalue weighted by Crippen LogP contribution is -2.41. The van der Waals surface area contributed by atoms with Gasteiger partial charge in [-0.15, -0.1) is 0 Å². The molecule has 0 bridgehead atoms. The average Bonchev–Trinajstić information content (AvgIpc) is 2.36. The Bertz CT molecular complexity index is 282. The molecule has 1 saturated carbocycles. The number of carbonyl (C=O) groups excluding carboxylic acids is 1. The third-order valence-electron chi connectivity index (χ3n) is 3.76. The van der Waals surface area contributed by atoms with Crippen LogP contribution in [0.5, 0.6) is 0 Å². The Morgan fingerprint density at radius 2 is 2.24 bits per heavy atom. The first-order valence-corrected chi connectivity index (χ1v) is 6.91. The summed E-state index contributed by atoms with van der Waals surface area (Å²) in [6.45, 7) is 4.22. The van der Waals surface area contributed by atoms with E-state index in [2.05, 4.69) is 18.3 Å². The number of hydrogen-bond acceptors (Lipinski definition) is 2. The van der Waals surface area contributed by atoms with Gasteiger partial charge in [0.1, 0.15) is 5.92 Å². The molecule has 0 aromatic carbocycles. The third kappa shape index (κ3) is 4.38. The first-order valence-electron chi connectivity index (χ1n) is 6.91. The molecule has 1 amide bonds. The Balaban J connectivity index is 2.42. The van der Waals surface area contributed by atoms with Gasteiger partial charge in [-0.3, -0.25) is 4.79 Å². The van der Waals surface area contributed by atoms with E-state index >= 15 is 0 Å². The first kappa shape index (κ1) is 14.0. The van der Waals surface area contributed by atoms with Gasteiger partial charge in [-0.1, -0.05) is 39.5 Å². The fourth-order valence-electron chi connectivity index (χ4n) is 2.64. The van der Waals surface area contributed by atoms with Crippen molar-refractivity contribution in [2.24, 2.45) is 11.8 Å². The molecule has 3 atom stereocenters. The fraction of sp³-hybridized carbons (Fsp3) is 0.857. The Labute approximate surface area is 105 Å². The van der Waals surface area contributed by atoms with Gasteiger partial charge >= 0.3 is 0 Å². The zero-order chi connectivity index (χ0) is 12.7. The zero-order valence-corrected chi connectivity index (χ0v) is 11.0. The highest BCUT2D eigenvalue weighted by Gasteiger charge is 2.25. The summed E-state index contributed by atoms with van der Waals surface area (Å²) in [6, 6.07) is 2.41. The lowest BCUT2D eigenvalue weighted by molar-refractivity contribution is -0.124. The maximum atomic E-state index is 11.9. The van der Waals surface area contributed by atoms with Gasteiger partial charge in [0.2, 0.25) is 5.91 Å². The minimum absolute atomic E-state index is 0.0592. The second-order valence-corrected chi connectivity index (χ2v) is 5.12. The van der Waals surface area contributed by atoms with Gasteiger partial charge in [0.05, 0.1) is 6.07 Å². The van der Waals surface area contributed by atoms with E-state index in [-0.39, 0.29) is 5.91 Å². The second kappa shape index (κ2) is 7.32. The van der Waals surface area contributed by atoms with Crippen LogP contribution in [0.1, 0.15) is 58.8 Å². The molecule has 1 aliphatic carbocycles. The smallest absolute Gasteiger partial charge is 0.237 e. The van der Waals surface area contributed by atoms with E-state index in [0.717, 1.165) is 25.2 Å². The zero-order valence-electron chi connectivity index (χ0n) is 11.0. The van der Waals surface area contributed by atoms with Crippen LogP contribution < -0.4 is 5.32 Å². The lowest BCUT2D eigenvalue weighted by atomic mass is 9.84. The minimum Gasteiger partial charge on any atom is -0.352 e. The quantitative estimate of drug-likeness (QED) is 0.797. The monoisotopic (exact) mass is 236 g/mol. The summed E-state index contributed by atoms with van der Waals surface area (Å²) in [5.41, 5.74) is 0. The summed E-state index contributed by atoms with van der Waals surface area (Å²) < 4.78 is 0. The number of carbonyl (C=O) groups is 1. The molecule has 17 heavy (non-hydrogen) atoms. The van der Waals surface area contributed by atoms with Crippen LogP contribution in [0, 0.1) is 23.2 Å². The highest BCUT2D eigenvalue weighted by Crippen LogP contribution is 2.26. The molecule has 1 rings (SSSR count). The highest BCUT2D eigenvalue weighted by molar-refractivity contribution is 5.81. The number of nitriles is 1. The normalized spacial score (nSPS) is 25.9. The van der Waals surface area contributed by atoms with Crippen molar-refractivity contribution in [3.05, 3.63) is 0 Å². The number of rotatable bonds is 5. The van der Waals surface area contributed by atoms with Crippen molar-refractivity contribution in [2.45, 2.75) is 64.8 Å². The van der Waals surface area contributed by atoms with Gasteiger partial charge in [-0.2, -0.15) is 5.26 Å². The van der Waals surface area contributed by atoms with Crippen molar-refractivity contribution in [3.8, 4) is 6.07 Å². The number of amides is 1. The molecular formula is C14H24N2O. The lowest BCUT2D eigenvalue weighted by Gasteiger charge is -2.29. The Hall–Kier alpha value is -1.04. The van der Waals surface area contributed by atoms with Gasteiger partial charge < -0.3 is 5.32 Å². The maximum Gasteiger partial charge on any atom is 0.237 e. The SMILES string of the molecule is CCCC(C#N)C(=O)NC1CCCC(CC)C1. The highest BCUT2D eigenvalue weighted by atomic mass is 16.1. The van der Waals surface area contributed by atoms with Crippen molar-refractivity contribution in [2.75, 3.05) is 0 Å². The molecule has 1 N–H and O–H groups in total. The topological polar surface area (TPSA) is 52.9 Å². The van der Waals surface area contributed by atoms with Gasteiger partial charge in [0.15, 0.2) is 0 Å². The molecule has 0 aromatic heterocycles. The number of nitrogens with one attached hydrogen (secondary N) is 1. The van der Waals surface area contributed by atoms with Gasteiger partial charge in [-0.25, -0.2) is 0 Å². The van der Waals surface area contributed by atoms with Crippen LogP contribution in [-0.4, -0.2) is 11.9 Å². The number of nitrogens with zero attached hydrogens (tertiary/aromatic N) is 1. The number of hydrogen-bond donors (Lipinski definition) is 1. The molecule has 0 spiro atoms. The van der Waals surface area contributed by atoms with E-state index in [1.807, 2.05) is 6.92 Å². The summed E-state index contributed by atoms with van der Waals surface area (Å²) in [5, 5.41) is 12.0. The van der Waals surface area contributed by atoms with E-state index in [9.17, 15) is 4.79 Å². The van der Waals surface area contributed by atoms with Crippen molar-refractivity contribution < 1.29 is 4.79 Å². The summed E-state index contributed by atoms with van der Waals surface area (Å²) in [7, 11) is 0. The van der Waals surface area contributed by atoms with E-state index in [4.69, 9.17) is 5.26 Å². The maximum absolute atomic E-state index is 11.9. The second-order valence-electron chi connectivity index (χ2n) is 5.12. The average molecular weight is 236 g/mol. The Kier molecular flexibility index (Phi) is 6.04. The standard InChI is InChI=1S/C14H24N2O/c1-3-6-12(10-15)14(17)16-13-8-5-7-11(4-2)9-13/h11-13H,3-9H2,1-2H3,(H,16,17). The molecule has 0 saturated heterocycles. The van der Waals surface area contributed by atoms with Crippen molar-refractivity contribution in [3.63, 3.8) is 0 Å². The molecular weight excluding hydrogens is 212 g/mol. The molecule has 0 radical (unpaired) electrons. The molecule has 0 heterocycles. The van der Waals surface area contributed by atoms with Crippen LogP contribution in [0.3, 0.4) is 0 Å². The molecule has 3 unspecified atom stereocenters. The van der Waals surface area contributed by atoms with Crippen LogP contribution in [0.25, 0.3) is 0 Å². The molecule has 0 aliphatic heterocycles.